The standard InChI is InChI=1S/C22H29N/c1-8-10-18(5)22(9-2)23-20(7)17(4)12-14-21-13-11-16(3)15-19(21)6/h8-10,12,14-15,23H,2,4,7,11,13H2,1,3,5-6H3/b10-8-,14-12-,22-18+. The Labute approximate surface area is 141 Å². The van der Waals surface area contributed by atoms with E-state index in [1.165, 1.54) is 16.7 Å². The van der Waals surface area contributed by atoms with E-state index in [2.05, 4.69) is 51.1 Å². The Balaban J connectivity index is 2.80. The molecule has 0 aromatic carbocycles. The summed E-state index contributed by atoms with van der Waals surface area (Å²) in [5.41, 5.74) is 7.90. The van der Waals surface area contributed by atoms with Crippen LogP contribution < -0.4 is 5.32 Å². The van der Waals surface area contributed by atoms with Gasteiger partial charge in [0.1, 0.15) is 0 Å². The van der Waals surface area contributed by atoms with Gasteiger partial charge in [-0.3, -0.25) is 0 Å². The summed E-state index contributed by atoms with van der Waals surface area (Å²) in [6, 6.07) is 0. The van der Waals surface area contributed by atoms with Crippen molar-refractivity contribution in [3.05, 3.63) is 95.5 Å². The van der Waals surface area contributed by atoms with E-state index in [-0.39, 0.29) is 0 Å². The SMILES string of the molecule is C=C/C(NC(=C)C(=C)/C=C\C1=C(C)C=C(C)CC1)=C(C)\C=C/C. The van der Waals surface area contributed by atoms with Crippen LogP contribution in [-0.4, -0.2) is 0 Å². The van der Waals surface area contributed by atoms with Crippen LogP contribution in [0.1, 0.15) is 40.5 Å². The lowest BCUT2D eigenvalue weighted by atomic mass is 9.93. The first kappa shape index (κ1) is 18.8. The van der Waals surface area contributed by atoms with E-state index in [0.29, 0.717) is 0 Å². The van der Waals surface area contributed by atoms with Gasteiger partial charge in [0, 0.05) is 11.4 Å². The molecule has 0 bridgehead atoms. The summed E-state index contributed by atoms with van der Waals surface area (Å²) in [6.45, 7) is 20.4. The third-order valence-corrected chi connectivity index (χ3v) is 3.96. The van der Waals surface area contributed by atoms with Gasteiger partial charge in [0.25, 0.3) is 0 Å². The van der Waals surface area contributed by atoms with Crippen LogP contribution in [0.5, 0.6) is 0 Å². The third kappa shape index (κ3) is 5.78. The lowest BCUT2D eigenvalue weighted by Gasteiger charge is -2.15. The van der Waals surface area contributed by atoms with E-state index in [0.717, 1.165) is 35.4 Å². The second-order valence-corrected chi connectivity index (χ2v) is 5.96. The molecule has 0 aliphatic heterocycles. The first-order valence-electron chi connectivity index (χ1n) is 8.05. The van der Waals surface area contributed by atoms with Crippen molar-refractivity contribution in [1.29, 1.82) is 0 Å². The average Bonchev–Trinajstić information content (AvgIpc) is 2.51. The first-order chi connectivity index (χ1) is 10.9. The molecule has 0 saturated heterocycles. The van der Waals surface area contributed by atoms with E-state index in [1.807, 2.05) is 32.1 Å². The van der Waals surface area contributed by atoms with Gasteiger partial charge in [-0.25, -0.2) is 0 Å². The zero-order chi connectivity index (χ0) is 17.4. The Hall–Kier alpha value is -2.28. The fraction of sp³-hybridized carbons (Fsp3) is 0.273. The van der Waals surface area contributed by atoms with Gasteiger partial charge in [0.15, 0.2) is 0 Å². The summed E-state index contributed by atoms with van der Waals surface area (Å²) >= 11 is 0. The van der Waals surface area contributed by atoms with Crippen molar-refractivity contribution in [3.63, 3.8) is 0 Å². The van der Waals surface area contributed by atoms with Crippen LogP contribution >= 0.6 is 0 Å². The zero-order valence-electron chi connectivity index (χ0n) is 15.0. The second kappa shape index (κ2) is 8.99. The Morgan fingerprint density at radius 2 is 1.87 bits per heavy atom. The van der Waals surface area contributed by atoms with Crippen LogP contribution in [0.15, 0.2) is 95.5 Å². The van der Waals surface area contributed by atoms with Crippen molar-refractivity contribution in [2.45, 2.75) is 40.5 Å². The summed E-state index contributed by atoms with van der Waals surface area (Å²) < 4.78 is 0. The summed E-state index contributed by atoms with van der Waals surface area (Å²) in [7, 11) is 0. The highest BCUT2D eigenvalue weighted by atomic mass is 14.9. The van der Waals surface area contributed by atoms with Gasteiger partial charge >= 0.3 is 0 Å². The average molecular weight is 307 g/mol. The predicted molar refractivity (Wildman–Crippen MR) is 104 cm³/mol. The van der Waals surface area contributed by atoms with Crippen LogP contribution in [0.4, 0.5) is 0 Å². The molecule has 122 valence electrons. The molecule has 0 unspecified atom stereocenters. The molecule has 0 fully saturated rings. The number of allylic oxidation sites excluding steroid dienone is 10. The minimum Gasteiger partial charge on any atom is -0.355 e. The van der Waals surface area contributed by atoms with Gasteiger partial charge in [0.2, 0.25) is 0 Å². The van der Waals surface area contributed by atoms with Gasteiger partial charge in [-0.1, -0.05) is 55.7 Å². The van der Waals surface area contributed by atoms with Gasteiger partial charge in [-0.05, 0) is 68.9 Å². The minimum atomic E-state index is 0.792. The zero-order valence-corrected chi connectivity index (χ0v) is 15.0. The smallest absolute Gasteiger partial charge is 0.0407 e. The van der Waals surface area contributed by atoms with Crippen LogP contribution in [0.2, 0.25) is 0 Å². The fourth-order valence-corrected chi connectivity index (χ4v) is 2.47. The number of hydrogen-bond acceptors (Lipinski definition) is 1. The monoisotopic (exact) mass is 307 g/mol. The van der Waals surface area contributed by atoms with Gasteiger partial charge < -0.3 is 5.32 Å². The fourth-order valence-electron chi connectivity index (χ4n) is 2.47. The number of nitrogens with one attached hydrogen (secondary N) is 1. The van der Waals surface area contributed by atoms with E-state index in [4.69, 9.17) is 0 Å². The molecular weight excluding hydrogens is 278 g/mol. The largest absolute Gasteiger partial charge is 0.355 e. The molecule has 23 heavy (non-hydrogen) atoms. The molecular formula is C22H29N. The molecule has 1 N–H and O–H groups in total. The van der Waals surface area contributed by atoms with E-state index >= 15 is 0 Å². The Kier molecular flexibility index (Phi) is 7.34. The highest BCUT2D eigenvalue weighted by Crippen LogP contribution is 2.24. The summed E-state index contributed by atoms with van der Waals surface area (Å²) in [5.74, 6) is 0. The maximum Gasteiger partial charge on any atom is 0.0407 e. The Bertz CT molecular complexity index is 645. The van der Waals surface area contributed by atoms with Gasteiger partial charge in [0.05, 0.1) is 0 Å². The van der Waals surface area contributed by atoms with Crippen LogP contribution in [0.25, 0.3) is 0 Å². The van der Waals surface area contributed by atoms with E-state index < -0.39 is 0 Å². The highest BCUT2D eigenvalue weighted by Gasteiger charge is 2.06. The molecule has 0 spiro atoms. The molecule has 0 amide bonds. The molecule has 0 heterocycles. The quantitative estimate of drug-likeness (QED) is 0.545. The number of hydrogen-bond donors (Lipinski definition) is 1. The maximum absolute atomic E-state index is 4.11. The topological polar surface area (TPSA) is 12.0 Å². The van der Waals surface area contributed by atoms with Crippen molar-refractivity contribution < 1.29 is 0 Å². The van der Waals surface area contributed by atoms with Crippen molar-refractivity contribution in [1.82, 2.24) is 5.32 Å². The third-order valence-electron chi connectivity index (χ3n) is 3.96. The lowest BCUT2D eigenvalue weighted by Crippen LogP contribution is -2.12. The Morgan fingerprint density at radius 1 is 1.17 bits per heavy atom. The van der Waals surface area contributed by atoms with Crippen LogP contribution in [0.3, 0.4) is 0 Å². The van der Waals surface area contributed by atoms with Crippen molar-refractivity contribution >= 4 is 0 Å². The van der Waals surface area contributed by atoms with Crippen molar-refractivity contribution in [2.75, 3.05) is 0 Å². The summed E-state index contributed by atoms with van der Waals surface area (Å²) in [4.78, 5) is 0. The normalized spacial score (nSPS) is 16.4. The molecule has 0 atom stereocenters. The van der Waals surface area contributed by atoms with Gasteiger partial charge in [-0.15, -0.1) is 0 Å². The predicted octanol–water partition coefficient (Wildman–Crippen LogP) is 6.29. The van der Waals surface area contributed by atoms with Crippen molar-refractivity contribution in [3.8, 4) is 0 Å². The van der Waals surface area contributed by atoms with Crippen LogP contribution in [-0.2, 0) is 0 Å². The van der Waals surface area contributed by atoms with E-state index in [1.54, 1.807) is 6.08 Å². The maximum atomic E-state index is 4.11. The summed E-state index contributed by atoms with van der Waals surface area (Å²) in [5, 5.41) is 3.29. The van der Waals surface area contributed by atoms with E-state index in [9.17, 15) is 0 Å². The van der Waals surface area contributed by atoms with Crippen molar-refractivity contribution in [2.24, 2.45) is 0 Å². The Morgan fingerprint density at radius 3 is 2.43 bits per heavy atom. The van der Waals surface area contributed by atoms with Crippen LogP contribution in [0, 0.1) is 0 Å². The molecule has 1 aliphatic rings. The summed E-state index contributed by atoms with van der Waals surface area (Å²) in [6.07, 6.45) is 14.5. The lowest BCUT2D eigenvalue weighted by molar-refractivity contribution is 0.909. The molecule has 0 radical (unpaired) electrons. The molecule has 1 heteroatoms. The highest BCUT2D eigenvalue weighted by molar-refractivity contribution is 5.44. The van der Waals surface area contributed by atoms with Gasteiger partial charge in [-0.2, -0.15) is 0 Å². The minimum absolute atomic E-state index is 0.792. The second-order valence-electron chi connectivity index (χ2n) is 5.96. The molecule has 1 rings (SSSR count). The molecule has 0 aromatic heterocycles. The molecule has 1 nitrogen and oxygen atoms in total. The first-order valence-corrected chi connectivity index (χ1v) is 8.05. The molecule has 0 saturated carbocycles. The molecule has 0 aromatic rings. The number of rotatable bonds is 7. The molecule has 1 aliphatic carbocycles.